The third-order valence-corrected chi connectivity index (χ3v) is 7.76. The van der Waals surface area contributed by atoms with Crippen molar-refractivity contribution < 1.29 is 17.6 Å². The van der Waals surface area contributed by atoms with Crippen molar-refractivity contribution in [1.82, 2.24) is 4.90 Å². The lowest BCUT2D eigenvalue weighted by molar-refractivity contribution is -0.130. The van der Waals surface area contributed by atoms with Crippen LogP contribution in [0.15, 0.2) is 53.4 Å². The van der Waals surface area contributed by atoms with Gasteiger partial charge >= 0.3 is 0 Å². The molecule has 1 saturated heterocycles. The molecule has 1 fully saturated rings. The van der Waals surface area contributed by atoms with Crippen LogP contribution in [0.5, 0.6) is 0 Å². The van der Waals surface area contributed by atoms with Crippen LogP contribution in [-0.2, 0) is 21.1 Å². The minimum Gasteiger partial charge on any atom is -0.342 e. The highest BCUT2D eigenvalue weighted by Crippen LogP contribution is 2.27. The maximum atomic E-state index is 13.2. The van der Waals surface area contributed by atoms with Gasteiger partial charge in [0.15, 0.2) is 9.84 Å². The molecule has 0 bridgehead atoms. The van der Waals surface area contributed by atoms with Crippen LogP contribution in [0.25, 0.3) is 0 Å². The number of likely N-dealkylation sites (tertiary alicyclic amines) is 1. The fraction of sp³-hybridized carbons (Fsp3) is 0.435. The van der Waals surface area contributed by atoms with E-state index in [1.54, 1.807) is 38.1 Å². The largest absolute Gasteiger partial charge is 0.342 e. The molecular weight excluding hydrogens is 389 g/mol. The molecule has 0 aromatic heterocycles. The minimum absolute atomic E-state index is 0.0403. The number of hydrogen-bond donors (Lipinski definition) is 0. The van der Waals surface area contributed by atoms with Crippen LogP contribution in [0.4, 0.5) is 4.39 Å². The van der Waals surface area contributed by atoms with Crippen molar-refractivity contribution in [2.75, 3.05) is 13.1 Å². The summed E-state index contributed by atoms with van der Waals surface area (Å²) >= 11 is 0. The summed E-state index contributed by atoms with van der Waals surface area (Å²) in [5.74, 6) is -0.00248. The molecule has 0 aliphatic carbocycles. The highest BCUT2D eigenvalue weighted by molar-refractivity contribution is 7.92. The number of nitrogens with zero attached hydrogens (tertiary/aromatic N) is 1. The van der Waals surface area contributed by atoms with Crippen molar-refractivity contribution >= 4 is 15.7 Å². The van der Waals surface area contributed by atoms with E-state index in [1.165, 1.54) is 12.1 Å². The maximum Gasteiger partial charge on any atom is 0.227 e. The smallest absolute Gasteiger partial charge is 0.227 e. The lowest BCUT2D eigenvalue weighted by atomic mass is 9.94. The van der Waals surface area contributed by atoms with Crippen molar-refractivity contribution in [3.63, 3.8) is 0 Å². The first-order chi connectivity index (χ1) is 13.8. The predicted molar refractivity (Wildman–Crippen MR) is 112 cm³/mol. The molecule has 1 amide bonds. The second kappa shape index (κ2) is 9.08. The zero-order valence-corrected chi connectivity index (χ0v) is 17.8. The third-order valence-electron chi connectivity index (χ3n) is 5.59. The summed E-state index contributed by atoms with van der Waals surface area (Å²) in [6, 6.07) is 13.2. The standard InChI is InChI=1S/C23H28FNO3S/c1-17(2)29(27,28)22-12-6-18(7-13-22)15-23(26)25-14-4-3-5-20(16-25)19-8-10-21(24)11-9-19/h6-13,17,20H,3-5,14-16H2,1-2H3. The molecule has 4 nitrogen and oxygen atoms in total. The van der Waals surface area contributed by atoms with Gasteiger partial charge < -0.3 is 4.90 Å². The number of carbonyl (C=O) groups is 1. The molecule has 29 heavy (non-hydrogen) atoms. The summed E-state index contributed by atoms with van der Waals surface area (Å²) in [5.41, 5.74) is 1.87. The highest BCUT2D eigenvalue weighted by atomic mass is 32.2. The second-order valence-electron chi connectivity index (χ2n) is 8.00. The Labute approximate surface area is 172 Å². The Morgan fingerprint density at radius 3 is 2.34 bits per heavy atom. The molecular formula is C23H28FNO3S. The Kier molecular flexibility index (Phi) is 6.73. The molecule has 0 N–H and O–H groups in total. The zero-order valence-electron chi connectivity index (χ0n) is 17.0. The van der Waals surface area contributed by atoms with Gasteiger partial charge in [-0.1, -0.05) is 30.7 Å². The Hall–Kier alpha value is -2.21. The van der Waals surface area contributed by atoms with Crippen molar-refractivity contribution in [1.29, 1.82) is 0 Å². The van der Waals surface area contributed by atoms with Gasteiger partial charge in [-0.05, 0) is 62.1 Å². The second-order valence-corrected chi connectivity index (χ2v) is 10.5. The van der Waals surface area contributed by atoms with Gasteiger partial charge in [0.2, 0.25) is 5.91 Å². The monoisotopic (exact) mass is 417 g/mol. The van der Waals surface area contributed by atoms with Crippen molar-refractivity contribution in [3.8, 4) is 0 Å². The summed E-state index contributed by atoms with van der Waals surface area (Å²) in [7, 11) is -3.31. The first-order valence-corrected chi connectivity index (χ1v) is 11.7. The van der Waals surface area contributed by atoms with Crippen LogP contribution in [-0.4, -0.2) is 37.6 Å². The number of sulfone groups is 1. The van der Waals surface area contributed by atoms with E-state index < -0.39 is 15.1 Å². The quantitative estimate of drug-likeness (QED) is 0.727. The first-order valence-electron chi connectivity index (χ1n) is 10.1. The summed E-state index contributed by atoms with van der Waals surface area (Å²) in [6.45, 7) is 4.66. The molecule has 3 rings (SSSR count). The molecule has 156 valence electrons. The Morgan fingerprint density at radius 2 is 1.72 bits per heavy atom. The van der Waals surface area contributed by atoms with Crippen LogP contribution >= 0.6 is 0 Å². The average Bonchev–Trinajstić information content (AvgIpc) is 2.95. The van der Waals surface area contributed by atoms with E-state index in [9.17, 15) is 17.6 Å². The van der Waals surface area contributed by atoms with Crippen LogP contribution in [0.1, 0.15) is 50.2 Å². The van der Waals surface area contributed by atoms with Gasteiger partial charge in [0.25, 0.3) is 0 Å². The van der Waals surface area contributed by atoms with E-state index in [2.05, 4.69) is 0 Å². The molecule has 1 aliphatic rings. The van der Waals surface area contributed by atoms with Crippen LogP contribution in [0, 0.1) is 5.82 Å². The fourth-order valence-electron chi connectivity index (χ4n) is 3.73. The van der Waals surface area contributed by atoms with Gasteiger partial charge in [0, 0.05) is 19.0 Å². The van der Waals surface area contributed by atoms with Gasteiger partial charge in [-0.25, -0.2) is 12.8 Å². The molecule has 0 saturated carbocycles. The SMILES string of the molecule is CC(C)S(=O)(=O)c1ccc(CC(=O)N2CCCCC(c3ccc(F)cc3)C2)cc1. The number of benzene rings is 2. The third kappa shape index (κ3) is 5.24. The van der Waals surface area contributed by atoms with Gasteiger partial charge in [0.05, 0.1) is 16.6 Å². The molecule has 1 unspecified atom stereocenters. The predicted octanol–water partition coefficient (Wildman–Crippen LogP) is 4.35. The molecule has 1 aliphatic heterocycles. The maximum absolute atomic E-state index is 13.2. The molecule has 1 atom stereocenters. The Bertz CT molecular complexity index is 937. The first kappa shape index (κ1) is 21.5. The molecule has 2 aromatic carbocycles. The summed E-state index contributed by atoms with van der Waals surface area (Å²) in [4.78, 5) is 15.1. The van der Waals surface area contributed by atoms with Crippen LogP contribution in [0.2, 0.25) is 0 Å². The van der Waals surface area contributed by atoms with Gasteiger partial charge in [0.1, 0.15) is 5.82 Å². The highest BCUT2D eigenvalue weighted by Gasteiger charge is 2.24. The normalized spacial score (nSPS) is 17.9. The molecule has 0 spiro atoms. The Morgan fingerprint density at radius 1 is 1.07 bits per heavy atom. The number of amides is 1. The molecule has 1 heterocycles. The summed E-state index contributed by atoms with van der Waals surface area (Å²) in [6.07, 6.45) is 3.22. The topological polar surface area (TPSA) is 54.5 Å². The fourth-order valence-corrected chi connectivity index (χ4v) is 4.79. The molecule has 2 aromatic rings. The van der Waals surface area contributed by atoms with Gasteiger partial charge in [-0.15, -0.1) is 0 Å². The van der Waals surface area contributed by atoms with Crippen LogP contribution < -0.4 is 0 Å². The van der Waals surface area contributed by atoms with E-state index >= 15 is 0 Å². The average molecular weight is 418 g/mol. The van der Waals surface area contributed by atoms with Crippen LogP contribution in [0.3, 0.4) is 0 Å². The van der Waals surface area contributed by atoms with Crippen molar-refractivity contribution in [2.45, 2.75) is 55.6 Å². The zero-order chi connectivity index (χ0) is 21.0. The number of halogens is 1. The van der Waals surface area contributed by atoms with E-state index in [4.69, 9.17) is 0 Å². The molecule has 6 heteroatoms. The summed E-state index contributed by atoms with van der Waals surface area (Å²) < 4.78 is 37.7. The van der Waals surface area contributed by atoms with Crippen molar-refractivity contribution in [2.24, 2.45) is 0 Å². The Balaban J connectivity index is 1.68. The number of rotatable bonds is 5. The van der Waals surface area contributed by atoms with E-state index in [0.717, 1.165) is 36.9 Å². The van der Waals surface area contributed by atoms with E-state index in [0.29, 0.717) is 6.54 Å². The van der Waals surface area contributed by atoms with Gasteiger partial charge in [-0.2, -0.15) is 0 Å². The lowest BCUT2D eigenvalue weighted by Gasteiger charge is -2.25. The number of hydrogen-bond acceptors (Lipinski definition) is 3. The van der Waals surface area contributed by atoms with Gasteiger partial charge in [-0.3, -0.25) is 4.79 Å². The number of carbonyl (C=O) groups excluding carboxylic acids is 1. The summed E-state index contributed by atoms with van der Waals surface area (Å²) in [5, 5.41) is -0.476. The van der Waals surface area contributed by atoms with E-state index in [1.807, 2.05) is 17.0 Å². The van der Waals surface area contributed by atoms with Crippen molar-refractivity contribution in [3.05, 3.63) is 65.5 Å². The lowest BCUT2D eigenvalue weighted by Crippen LogP contribution is -2.35. The molecule has 0 radical (unpaired) electrons. The minimum atomic E-state index is -3.31. The van der Waals surface area contributed by atoms with E-state index in [-0.39, 0.29) is 29.0 Å².